The minimum Gasteiger partial charge on any atom is -0.368 e. The maximum absolute atomic E-state index is 13.3. The van der Waals surface area contributed by atoms with E-state index in [0.29, 0.717) is 12.2 Å². The number of nitrogens with one attached hydrogen (secondary N) is 1. The largest absolute Gasteiger partial charge is 0.368 e. The fourth-order valence-corrected chi connectivity index (χ4v) is 4.35. The number of allylic oxidation sites excluding steroid dienone is 3. The van der Waals surface area contributed by atoms with E-state index < -0.39 is 9.84 Å². The predicted octanol–water partition coefficient (Wildman–Crippen LogP) is 3.61. The van der Waals surface area contributed by atoms with Crippen LogP contribution in [0.2, 0.25) is 0 Å². The summed E-state index contributed by atoms with van der Waals surface area (Å²) in [7, 11) is -3.82. The van der Waals surface area contributed by atoms with E-state index in [2.05, 4.69) is 27.1 Å². The molecule has 8 heteroatoms. The van der Waals surface area contributed by atoms with E-state index in [-0.39, 0.29) is 21.3 Å². The SMILES string of the molecule is C=NC=CC(=CC)c1ccnc2c(S(=O)(=O)c3ccccc3)c(NCC)nn12. The van der Waals surface area contributed by atoms with Gasteiger partial charge in [-0.1, -0.05) is 24.3 Å². The van der Waals surface area contributed by atoms with E-state index in [1.165, 1.54) is 4.52 Å². The average Bonchev–Trinajstić information content (AvgIpc) is 3.09. The van der Waals surface area contributed by atoms with Crippen LogP contribution in [0.5, 0.6) is 0 Å². The Morgan fingerprint density at radius 2 is 2.04 bits per heavy atom. The van der Waals surface area contributed by atoms with Crippen molar-refractivity contribution in [2.24, 2.45) is 4.99 Å². The third-order valence-electron chi connectivity index (χ3n) is 4.11. The lowest BCUT2D eigenvalue weighted by atomic mass is 10.1. The molecule has 0 spiro atoms. The molecular formula is C20H21N5O2S. The van der Waals surface area contributed by atoms with Crippen molar-refractivity contribution in [1.82, 2.24) is 14.6 Å². The maximum atomic E-state index is 13.3. The molecule has 2 heterocycles. The topological polar surface area (TPSA) is 88.7 Å². The highest BCUT2D eigenvalue weighted by Crippen LogP contribution is 2.32. The molecule has 28 heavy (non-hydrogen) atoms. The average molecular weight is 395 g/mol. The van der Waals surface area contributed by atoms with Crippen LogP contribution >= 0.6 is 0 Å². The minimum absolute atomic E-state index is 0.0590. The van der Waals surface area contributed by atoms with Gasteiger partial charge in [-0.05, 0) is 50.4 Å². The zero-order valence-electron chi connectivity index (χ0n) is 15.7. The van der Waals surface area contributed by atoms with Gasteiger partial charge in [0.2, 0.25) is 9.84 Å². The second-order valence-electron chi connectivity index (χ2n) is 5.83. The van der Waals surface area contributed by atoms with E-state index in [1.54, 1.807) is 54.9 Å². The third kappa shape index (κ3) is 3.46. The fourth-order valence-electron chi connectivity index (χ4n) is 2.85. The number of nitrogens with zero attached hydrogens (tertiary/aromatic N) is 4. The number of sulfone groups is 1. The summed E-state index contributed by atoms with van der Waals surface area (Å²) in [5.74, 6) is 0.271. The number of rotatable bonds is 7. The highest BCUT2D eigenvalue weighted by molar-refractivity contribution is 7.91. The highest BCUT2D eigenvalue weighted by Gasteiger charge is 2.29. The summed E-state index contributed by atoms with van der Waals surface area (Å²) >= 11 is 0. The number of benzene rings is 1. The summed E-state index contributed by atoms with van der Waals surface area (Å²) < 4.78 is 28.2. The van der Waals surface area contributed by atoms with Gasteiger partial charge in [0.1, 0.15) is 0 Å². The van der Waals surface area contributed by atoms with Crippen molar-refractivity contribution < 1.29 is 8.42 Å². The first-order valence-corrected chi connectivity index (χ1v) is 10.2. The summed E-state index contributed by atoms with van der Waals surface area (Å²) in [6.07, 6.45) is 6.81. The Labute approximate surface area is 164 Å². The monoisotopic (exact) mass is 395 g/mol. The van der Waals surface area contributed by atoms with E-state index in [9.17, 15) is 8.42 Å². The van der Waals surface area contributed by atoms with Gasteiger partial charge in [-0.2, -0.15) is 0 Å². The highest BCUT2D eigenvalue weighted by atomic mass is 32.2. The zero-order valence-corrected chi connectivity index (χ0v) is 16.5. The second-order valence-corrected chi connectivity index (χ2v) is 7.72. The molecule has 3 aromatic rings. The molecule has 0 radical (unpaired) electrons. The van der Waals surface area contributed by atoms with Gasteiger partial charge in [0, 0.05) is 18.9 Å². The van der Waals surface area contributed by atoms with Gasteiger partial charge in [0.15, 0.2) is 16.4 Å². The van der Waals surface area contributed by atoms with Gasteiger partial charge in [-0.15, -0.1) is 5.10 Å². The number of hydrogen-bond acceptors (Lipinski definition) is 6. The maximum Gasteiger partial charge on any atom is 0.214 e. The first-order chi connectivity index (χ1) is 13.5. The minimum atomic E-state index is -3.82. The van der Waals surface area contributed by atoms with Crippen LogP contribution in [0.3, 0.4) is 0 Å². The molecule has 1 aromatic carbocycles. The van der Waals surface area contributed by atoms with E-state index in [1.807, 2.05) is 19.9 Å². The molecule has 7 nitrogen and oxygen atoms in total. The van der Waals surface area contributed by atoms with E-state index >= 15 is 0 Å². The molecule has 0 aliphatic carbocycles. The zero-order chi connectivity index (χ0) is 20.1. The molecule has 0 bridgehead atoms. The summed E-state index contributed by atoms with van der Waals surface area (Å²) in [5, 5.41) is 7.57. The molecular weight excluding hydrogens is 374 g/mol. The lowest BCUT2D eigenvalue weighted by Gasteiger charge is -2.06. The summed E-state index contributed by atoms with van der Waals surface area (Å²) in [4.78, 5) is 8.31. The van der Waals surface area contributed by atoms with Gasteiger partial charge < -0.3 is 5.32 Å². The number of fused-ring (bicyclic) bond motifs is 1. The molecule has 0 saturated carbocycles. The fraction of sp³-hybridized carbons (Fsp3) is 0.150. The van der Waals surface area contributed by atoms with Gasteiger partial charge in [0.25, 0.3) is 0 Å². The van der Waals surface area contributed by atoms with Crippen LogP contribution in [0.25, 0.3) is 11.2 Å². The molecule has 0 amide bonds. The molecule has 0 fully saturated rings. The number of hydrogen-bond donors (Lipinski definition) is 1. The van der Waals surface area contributed by atoms with Crippen molar-refractivity contribution >= 4 is 33.6 Å². The van der Waals surface area contributed by atoms with Gasteiger partial charge in [-0.3, -0.25) is 4.99 Å². The standard InChI is InChI=1S/C20H21N5O2S/c1-4-15(11-13-21-3)17-12-14-23-20-18(19(22-5-2)24-25(17)20)28(26,27)16-9-7-6-8-10-16/h4,6-14H,3,5H2,1-2H3,(H,22,24). The summed E-state index contributed by atoms with van der Waals surface area (Å²) in [5.41, 5.74) is 1.77. The Kier molecular flexibility index (Phi) is 5.70. The first-order valence-electron chi connectivity index (χ1n) is 8.75. The Morgan fingerprint density at radius 1 is 1.29 bits per heavy atom. The molecule has 0 saturated heterocycles. The van der Waals surface area contributed by atoms with Crippen molar-refractivity contribution in [2.45, 2.75) is 23.6 Å². The van der Waals surface area contributed by atoms with Crippen LogP contribution in [0.15, 0.2) is 75.7 Å². The first kappa shape index (κ1) is 19.5. The second kappa shape index (κ2) is 8.18. The molecule has 144 valence electrons. The quantitative estimate of drug-likeness (QED) is 0.488. The van der Waals surface area contributed by atoms with E-state index in [4.69, 9.17) is 0 Å². The number of aromatic nitrogens is 3. The van der Waals surface area contributed by atoms with Gasteiger partial charge in [-0.25, -0.2) is 17.9 Å². The van der Waals surface area contributed by atoms with Crippen LogP contribution in [-0.2, 0) is 9.84 Å². The molecule has 3 rings (SSSR count). The summed E-state index contributed by atoms with van der Waals surface area (Å²) in [6.45, 7) is 7.73. The van der Waals surface area contributed by atoms with Gasteiger partial charge in [0.05, 0.1) is 10.6 Å². The van der Waals surface area contributed by atoms with Crippen molar-refractivity contribution in [1.29, 1.82) is 0 Å². The molecule has 0 unspecified atom stereocenters. The predicted molar refractivity (Wildman–Crippen MR) is 111 cm³/mol. The third-order valence-corrected chi connectivity index (χ3v) is 5.92. The Morgan fingerprint density at radius 3 is 2.68 bits per heavy atom. The molecule has 0 aliphatic heterocycles. The molecule has 0 atom stereocenters. The summed E-state index contributed by atoms with van der Waals surface area (Å²) in [6, 6.07) is 10.1. The lowest BCUT2D eigenvalue weighted by Crippen LogP contribution is -2.07. The molecule has 1 N–H and O–H groups in total. The van der Waals surface area contributed by atoms with Crippen molar-refractivity contribution in [3.63, 3.8) is 0 Å². The number of aliphatic imine (C=N–C) groups is 1. The van der Waals surface area contributed by atoms with Crippen LogP contribution in [-0.4, -0.2) is 36.3 Å². The van der Waals surface area contributed by atoms with Crippen molar-refractivity contribution in [3.8, 4) is 0 Å². The molecule has 0 aliphatic rings. The van der Waals surface area contributed by atoms with Gasteiger partial charge >= 0.3 is 0 Å². The Bertz CT molecular complexity index is 1160. The Hall–Kier alpha value is -3.26. The van der Waals surface area contributed by atoms with Crippen molar-refractivity contribution in [2.75, 3.05) is 11.9 Å². The number of anilines is 1. The van der Waals surface area contributed by atoms with Crippen LogP contribution in [0.4, 0.5) is 5.82 Å². The molecule has 2 aromatic heterocycles. The van der Waals surface area contributed by atoms with E-state index in [0.717, 1.165) is 5.57 Å². The van der Waals surface area contributed by atoms with Crippen LogP contribution in [0.1, 0.15) is 19.5 Å². The van der Waals surface area contributed by atoms with Crippen molar-refractivity contribution in [3.05, 3.63) is 66.6 Å². The smallest absolute Gasteiger partial charge is 0.214 e. The Balaban J connectivity index is 2.32. The van der Waals surface area contributed by atoms with Crippen LogP contribution in [0, 0.1) is 0 Å². The normalized spacial score (nSPS) is 12.6. The van der Waals surface area contributed by atoms with Crippen LogP contribution < -0.4 is 5.32 Å². The lowest BCUT2D eigenvalue weighted by molar-refractivity contribution is 0.597.